The fourth-order valence-corrected chi connectivity index (χ4v) is 4.45. The quantitative estimate of drug-likeness (QED) is 0.247. The highest BCUT2D eigenvalue weighted by molar-refractivity contribution is 5.97. The number of ketones is 1. The summed E-state index contributed by atoms with van der Waals surface area (Å²) in [6, 6.07) is 18.2. The average Bonchev–Trinajstić information content (AvgIpc) is 2.91. The minimum absolute atomic E-state index is 0.0634. The highest BCUT2D eigenvalue weighted by Crippen LogP contribution is 2.36. The molecule has 0 fully saturated rings. The molecule has 0 heterocycles. The first kappa shape index (κ1) is 29.8. The lowest BCUT2D eigenvalue weighted by molar-refractivity contribution is -0.137. The lowest BCUT2D eigenvalue weighted by atomic mass is 9.91. The molecular weight excluding hydrogens is 523 g/mol. The van der Waals surface area contributed by atoms with Crippen molar-refractivity contribution in [2.45, 2.75) is 32.6 Å². The summed E-state index contributed by atoms with van der Waals surface area (Å²) in [5.74, 6) is -1.49. The van der Waals surface area contributed by atoms with Gasteiger partial charge in [-0.15, -0.1) is 0 Å². The molecule has 0 aliphatic carbocycles. The minimum Gasteiger partial charge on any atom is -0.478 e. The van der Waals surface area contributed by atoms with E-state index < -0.39 is 29.5 Å². The zero-order valence-electron chi connectivity index (χ0n) is 21.9. The van der Waals surface area contributed by atoms with Crippen molar-refractivity contribution < 1.29 is 32.7 Å². The number of hydrogen-bond acceptors (Lipinski definition) is 5. The number of Topliss-reactive ketones (excluding diaryl/α,β-unsaturated/α-hetero) is 1. The Hall–Kier alpha value is -4.75. The van der Waals surface area contributed by atoms with Crippen LogP contribution in [-0.4, -0.2) is 35.2 Å². The zero-order valence-corrected chi connectivity index (χ0v) is 21.9. The Labute approximate surface area is 229 Å². The van der Waals surface area contributed by atoms with Crippen molar-refractivity contribution in [2.24, 2.45) is 0 Å². The molecule has 40 heavy (non-hydrogen) atoms. The Morgan fingerprint density at radius 1 is 1.02 bits per heavy atom. The highest BCUT2D eigenvalue weighted by atomic mass is 19.4. The summed E-state index contributed by atoms with van der Waals surface area (Å²) in [5.41, 5.74) is 1.10. The third kappa shape index (κ3) is 6.81. The van der Waals surface area contributed by atoms with Gasteiger partial charge in [-0.3, -0.25) is 19.4 Å². The number of halogens is 3. The van der Waals surface area contributed by atoms with Gasteiger partial charge in [0, 0.05) is 23.5 Å². The van der Waals surface area contributed by atoms with Gasteiger partial charge in [-0.25, -0.2) is 4.79 Å². The summed E-state index contributed by atoms with van der Waals surface area (Å²) in [4.78, 5) is 39.4. The standard InChI is InChI=1S/C30H26F3N3O4/c1-19(36(18-37)26-6-4-5-25(15-26)30(31,32)33)27(20(2)38)28(23-11-7-21(16-34)8-12-23)35(3)17-22-9-13-24(14-10-22)29(39)40/h4-15,18,28H,17H2,1-3H3,(H,39,40)/b27-19-. The lowest BCUT2D eigenvalue weighted by Crippen LogP contribution is -2.32. The van der Waals surface area contributed by atoms with Gasteiger partial charge in [-0.1, -0.05) is 30.3 Å². The molecule has 0 saturated carbocycles. The molecule has 3 rings (SSSR count). The van der Waals surface area contributed by atoms with Gasteiger partial charge in [-0.05, 0) is 74.5 Å². The number of nitriles is 1. The molecule has 3 aromatic rings. The summed E-state index contributed by atoms with van der Waals surface area (Å²) in [7, 11) is 1.72. The largest absolute Gasteiger partial charge is 0.478 e. The monoisotopic (exact) mass is 549 g/mol. The van der Waals surface area contributed by atoms with E-state index in [0.717, 1.165) is 22.6 Å². The third-order valence-corrected chi connectivity index (χ3v) is 6.39. The first-order valence-corrected chi connectivity index (χ1v) is 12.0. The van der Waals surface area contributed by atoms with Crippen LogP contribution in [0.15, 0.2) is 84.1 Å². The first-order valence-electron chi connectivity index (χ1n) is 12.0. The molecule has 1 N–H and O–H groups in total. The number of hydrogen-bond donors (Lipinski definition) is 1. The van der Waals surface area contributed by atoms with Crippen LogP contribution in [0.25, 0.3) is 0 Å². The number of benzene rings is 3. The van der Waals surface area contributed by atoms with Crippen LogP contribution < -0.4 is 4.90 Å². The van der Waals surface area contributed by atoms with Crippen molar-refractivity contribution in [2.75, 3.05) is 11.9 Å². The Morgan fingerprint density at radius 3 is 2.15 bits per heavy atom. The second kappa shape index (κ2) is 12.4. The Kier molecular flexibility index (Phi) is 9.24. The van der Waals surface area contributed by atoms with Crippen LogP contribution in [-0.2, 0) is 22.3 Å². The number of rotatable bonds is 10. The fourth-order valence-electron chi connectivity index (χ4n) is 4.45. The molecule has 7 nitrogen and oxygen atoms in total. The van der Waals surface area contributed by atoms with E-state index in [1.165, 1.54) is 38.1 Å². The number of likely N-dealkylation sites (N-methyl/N-ethyl adjacent to an activating group) is 1. The molecule has 1 amide bonds. The average molecular weight is 550 g/mol. The first-order chi connectivity index (χ1) is 18.9. The summed E-state index contributed by atoms with van der Waals surface area (Å²) in [5, 5.41) is 18.4. The van der Waals surface area contributed by atoms with Gasteiger partial charge in [0.15, 0.2) is 5.78 Å². The van der Waals surface area contributed by atoms with Gasteiger partial charge in [-0.2, -0.15) is 18.4 Å². The summed E-state index contributed by atoms with van der Waals surface area (Å²) in [6.45, 7) is 3.04. The van der Waals surface area contributed by atoms with E-state index in [9.17, 15) is 37.9 Å². The smallest absolute Gasteiger partial charge is 0.416 e. The Balaban J connectivity index is 2.16. The number of carbonyl (C=O) groups excluding carboxylic acids is 2. The molecule has 0 aromatic heterocycles. The number of aromatic carboxylic acids is 1. The molecule has 0 aliphatic rings. The van der Waals surface area contributed by atoms with Crippen LogP contribution in [0.2, 0.25) is 0 Å². The zero-order chi connectivity index (χ0) is 29.6. The van der Waals surface area contributed by atoms with Gasteiger partial charge in [0.2, 0.25) is 6.41 Å². The molecule has 0 radical (unpaired) electrons. The van der Waals surface area contributed by atoms with Crippen molar-refractivity contribution in [3.05, 3.63) is 112 Å². The van der Waals surface area contributed by atoms with E-state index in [4.69, 9.17) is 0 Å². The number of carboxylic acids is 1. The summed E-state index contributed by atoms with van der Waals surface area (Å²) >= 11 is 0. The van der Waals surface area contributed by atoms with Crippen LogP contribution in [0.4, 0.5) is 18.9 Å². The van der Waals surface area contributed by atoms with E-state index in [-0.39, 0.29) is 29.1 Å². The van der Waals surface area contributed by atoms with Gasteiger partial charge in [0.05, 0.1) is 28.8 Å². The van der Waals surface area contributed by atoms with Gasteiger partial charge in [0.25, 0.3) is 0 Å². The Morgan fingerprint density at radius 2 is 1.65 bits per heavy atom. The SMILES string of the molecule is CC(=O)/C(=C(\C)N(C=O)c1cccc(C(F)(F)F)c1)C(c1ccc(C#N)cc1)N(C)Cc1ccc(C(=O)O)cc1. The molecule has 0 saturated heterocycles. The lowest BCUT2D eigenvalue weighted by Gasteiger charge is -2.33. The van der Waals surface area contributed by atoms with Crippen molar-refractivity contribution in [1.82, 2.24) is 4.90 Å². The van der Waals surface area contributed by atoms with Crippen LogP contribution >= 0.6 is 0 Å². The topological polar surface area (TPSA) is 102 Å². The normalized spacial score (nSPS) is 12.8. The van der Waals surface area contributed by atoms with Crippen molar-refractivity contribution in [3.8, 4) is 6.07 Å². The molecule has 10 heteroatoms. The predicted molar refractivity (Wildman–Crippen MR) is 142 cm³/mol. The highest BCUT2D eigenvalue weighted by Gasteiger charge is 2.32. The molecule has 1 unspecified atom stereocenters. The third-order valence-electron chi connectivity index (χ3n) is 6.39. The van der Waals surface area contributed by atoms with Crippen LogP contribution in [0.5, 0.6) is 0 Å². The molecule has 0 bridgehead atoms. The van der Waals surface area contributed by atoms with Crippen molar-refractivity contribution >= 4 is 23.9 Å². The number of allylic oxidation sites excluding steroid dienone is 1. The van der Waals surface area contributed by atoms with E-state index in [0.29, 0.717) is 17.5 Å². The van der Waals surface area contributed by atoms with Gasteiger partial charge in [0.1, 0.15) is 0 Å². The minimum atomic E-state index is -4.63. The maximum atomic E-state index is 13.4. The van der Waals surface area contributed by atoms with E-state index in [2.05, 4.69) is 0 Å². The van der Waals surface area contributed by atoms with Gasteiger partial charge >= 0.3 is 12.1 Å². The summed E-state index contributed by atoms with van der Waals surface area (Å²) < 4.78 is 40.1. The van der Waals surface area contributed by atoms with Crippen LogP contribution in [0.3, 0.4) is 0 Å². The maximum Gasteiger partial charge on any atom is 0.416 e. The molecule has 1 atom stereocenters. The van der Waals surface area contributed by atoms with E-state index >= 15 is 0 Å². The van der Waals surface area contributed by atoms with Gasteiger partial charge < -0.3 is 5.11 Å². The van der Waals surface area contributed by atoms with Crippen molar-refractivity contribution in [3.63, 3.8) is 0 Å². The second-order valence-corrected chi connectivity index (χ2v) is 9.13. The predicted octanol–water partition coefficient (Wildman–Crippen LogP) is 5.97. The molecular formula is C30H26F3N3O4. The fraction of sp³-hybridized carbons (Fsp3) is 0.200. The number of anilines is 1. The number of alkyl halides is 3. The number of nitrogens with zero attached hydrogens (tertiary/aromatic N) is 3. The van der Waals surface area contributed by atoms with Crippen LogP contribution in [0, 0.1) is 11.3 Å². The van der Waals surface area contributed by atoms with E-state index in [1.807, 2.05) is 6.07 Å². The van der Waals surface area contributed by atoms with E-state index in [1.54, 1.807) is 48.3 Å². The molecule has 0 aliphatic heterocycles. The molecule has 3 aromatic carbocycles. The van der Waals surface area contributed by atoms with Crippen LogP contribution in [0.1, 0.15) is 52.5 Å². The second-order valence-electron chi connectivity index (χ2n) is 9.13. The number of carbonyl (C=O) groups is 3. The number of carboxylic acid groups (broad SMARTS) is 1. The molecule has 0 spiro atoms. The molecule has 206 valence electrons. The Bertz CT molecular complexity index is 1470. The van der Waals surface area contributed by atoms with Crippen molar-refractivity contribution in [1.29, 1.82) is 5.26 Å². The summed E-state index contributed by atoms with van der Waals surface area (Å²) in [6.07, 6.45) is -4.28. The number of amides is 1. The maximum absolute atomic E-state index is 13.4.